The van der Waals surface area contributed by atoms with Gasteiger partial charge in [-0.25, -0.2) is 4.79 Å². The number of carboxylic acid groups (broad SMARTS) is 1. The Balaban J connectivity index is 2.84. The maximum absolute atomic E-state index is 11.9. The van der Waals surface area contributed by atoms with E-state index >= 15 is 0 Å². The second-order valence-corrected chi connectivity index (χ2v) is 5.65. The molecule has 0 spiro atoms. The summed E-state index contributed by atoms with van der Waals surface area (Å²) >= 11 is 5.14. The van der Waals surface area contributed by atoms with Crippen LogP contribution in [0.1, 0.15) is 33.6 Å². The van der Waals surface area contributed by atoms with Gasteiger partial charge in [0.25, 0.3) is 0 Å². The normalized spacial score (nSPS) is 30.1. The number of hydrogen-bond donors (Lipinski definition) is 1. The number of carbonyl (C=O) groups is 2. The lowest BCUT2D eigenvalue weighted by atomic mass is 10.2. The van der Waals surface area contributed by atoms with Gasteiger partial charge in [-0.2, -0.15) is 4.79 Å². The van der Waals surface area contributed by atoms with Gasteiger partial charge in [0.2, 0.25) is 0 Å². The third-order valence-corrected chi connectivity index (χ3v) is 3.05. The number of carbonyl (C=O) groups excluding carboxylic acids is 1. The molecule has 92 valence electrons. The van der Waals surface area contributed by atoms with Crippen molar-refractivity contribution in [3.8, 4) is 0 Å². The first-order chi connectivity index (χ1) is 7.17. The van der Waals surface area contributed by atoms with Gasteiger partial charge < -0.3 is 26.5 Å². The number of quaternary nitrogens is 1. The summed E-state index contributed by atoms with van der Waals surface area (Å²) in [7, 11) is 0. The molecular weight excluding hydrogens is 230 g/mol. The molecule has 1 N–H and O–H groups in total. The molecule has 0 aromatic heterocycles. The van der Waals surface area contributed by atoms with Crippen molar-refractivity contribution in [3.63, 3.8) is 0 Å². The number of rotatable bonds is 1. The maximum atomic E-state index is 11.9. The minimum absolute atomic E-state index is 0.348. The Morgan fingerprint density at radius 1 is 1.44 bits per heavy atom. The number of ether oxygens (including phenoxy) is 1. The predicted octanol–water partition coefficient (Wildman–Crippen LogP) is 1.45. The van der Waals surface area contributed by atoms with Gasteiger partial charge in [-0.1, -0.05) is 0 Å². The summed E-state index contributed by atoms with van der Waals surface area (Å²) in [6.07, 6.45) is 0.435. The van der Waals surface area contributed by atoms with Crippen molar-refractivity contribution >= 4 is 24.9 Å². The SMILES string of the molecule is CC(C)(C)OC(=O)[N+]1([S-])CCC[C@H]1C(=O)O. The van der Waals surface area contributed by atoms with E-state index in [9.17, 15) is 9.59 Å². The van der Waals surface area contributed by atoms with E-state index in [4.69, 9.17) is 22.7 Å². The highest BCUT2D eigenvalue weighted by molar-refractivity contribution is 7.52. The van der Waals surface area contributed by atoms with Gasteiger partial charge in [0.15, 0.2) is 6.04 Å². The van der Waals surface area contributed by atoms with Crippen LogP contribution in [0.25, 0.3) is 0 Å². The van der Waals surface area contributed by atoms with E-state index in [0.29, 0.717) is 19.4 Å². The molecule has 0 bridgehead atoms. The summed E-state index contributed by atoms with van der Waals surface area (Å²) < 4.78 is 4.61. The van der Waals surface area contributed by atoms with Gasteiger partial charge >= 0.3 is 12.1 Å². The zero-order valence-electron chi connectivity index (χ0n) is 9.73. The van der Waals surface area contributed by atoms with Gasteiger partial charge in [-0.05, 0) is 20.8 Å². The van der Waals surface area contributed by atoms with Gasteiger partial charge in [0.05, 0.1) is 6.54 Å². The molecule has 1 saturated heterocycles. The van der Waals surface area contributed by atoms with E-state index in [1.54, 1.807) is 20.8 Å². The lowest BCUT2D eigenvalue weighted by Crippen LogP contribution is -2.56. The molecule has 16 heavy (non-hydrogen) atoms. The molecule has 0 aromatic carbocycles. The summed E-state index contributed by atoms with van der Waals surface area (Å²) in [5.74, 6) is -1.03. The molecule has 1 fully saturated rings. The quantitative estimate of drug-likeness (QED) is 0.561. The zero-order valence-corrected chi connectivity index (χ0v) is 10.5. The lowest BCUT2D eigenvalue weighted by molar-refractivity contribution is -0.724. The Morgan fingerprint density at radius 3 is 2.44 bits per heavy atom. The van der Waals surface area contributed by atoms with E-state index in [2.05, 4.69) is 0 Å². The molecule has 6 heteroatoms. The summed E-state index contributed by atoms with van der Waals surface area (Å²) in [5, 5.41) is 9.01. The molecule has 1 aliphatic rings. The van der Waals surface area contributed by atoms with Crippen LogP contribution >= 0.6 is 0 Å². The Bertz CT molecular complexity index is 312. The zero-order chi connectivity index (χ0) is 12.6. The van der Waals surface area contributed by atoms with E-state index in [1.807, 2.05) is 0 Å². The Labute approximate surface area is 101 Å². The first-order valence-electron chi connectivity index (χ1n) is 5.22. The number of carboxylic acids is 1. The fourth-order valence-corrected chi connectivity index (χ4v) is 2.11. The molecule has 0 aliphatic carbocycles. The minimum atomic E-state index is -1.03. The number of likely N-dealkylation sites (tertiary alicyclic amines) is 1. The maximum Gasteiger partial charge on any atom is 0.498 e. The second-order valence-electron chi connectivity index (χ2n) is 5.00. The summed E-state index contributed by atoms with van der Waals surface area (Å²) in [6, 6.07) is -0.857. The minimum Gasteiger partial charge on any atom is -0.480 e. The Hall–Kier alpha value is -0.750. The molecule has 0 aromatic rings. The second kappa shape index (κ2) is 4.25. The van der Waals surface area contributed by atoms with Gasteiger partial charge in [-0.3, -0.25) is 0 Å². The highest BCUT2D eigenvalue weighted by Gasteiger charge is 2.46. The van der Waals surface area contributed by atoms with Crippen molar-refractivity contribution in [2.75, 3.05) is 6.54 Å². The van der Waals surface area contributed by atoms with Gasteiger partial charge in [0.1, 0.15) is 5.60 Å². The summed E-state index contributed by atoms with van der Waals surface area (Å²) in [4.78, 5) is 22.9. The van der Waals surface area contributed by atoms with Crippen LogP contribution < -0.4 is 0 Å². The van der Waals surface area contributed by atoms with Crippen LogP contribution in [0, 0.1) is 0 Å². The molecular formula is C10H17NO4S. The summed E-state index contributed by atoms with van der Waals surface area (Å²) in [5.41, 5.74) is -0.646. The molecule has 1 unspecified atom stereocenters. The molecule has 1 heterocycles. The molecule has 5 nitrogen and oxygen atoms in total. The lowest BCUT2D eigenvalue weighted by Gasteiger charge is -2.40. The van der Waals surface area contributed by atoms with Crippen molar-refractivity contribution in [3.05, 3.63) is 0 Å². The van der Waals surface area contributed by atoms with E-state index in [0.717, 1.165) is 0 Å². The van der Waals surface area contributed by atoms with Crippen LogP contribution in [0.3, 0.4) is 0 Å². The van der Waals surface area contributed by atoms with E-state index in [-0.39, 0.29) is 0 Å². The number of aliphatic carboxylic acids is 1. The van der Waals surface area contributed by atoms with Crippen LogP contribution in [0.4, 0.5) is 4.79 Å². The molecule has 0 radical (unpaired) electrons. The monoisotopic (exact) mass is 247 g/mol. The highest BCUT2D eigenvalue weighted by Crippen LogP contribution is 2.28. The number of hydrogen-bond acceptors (Lipinski definition) is 4. The average Bonchev–Trinajstić information content (AvgIpc) is 2.45. The third kappa shape index (κ3) is 2.68. The fourth-order valence-electron chi connectivity index (χ4n) is 1.74. The van der Waals surface area contributed by atoms with Crippen molar-refractivity contribution in [1.29, 1.82) is 0 Å². The van der Waals surface area contributed by atoms with E-state index in [1.165, 1.54) is 0 Å². The fraction of sp³-hybridized carbons (Fsp3) is 0.800. The van der Waals surface area contributed by atoms with Crippen LogP contribution in [-0.4, -0.2) is 39.2 Å². The standard InChI is InChI=1S/C10H17NO4S/c1-10(2,3)15-9(14)11(16)6-4-5-7(11)8(12)13/h7H,4-6H2,1-3H3,(H,12,13)/t7-,11?/m0/s1. The van der Waals surface area contributed by atoms with Crippen molar-refractivity contribution in [2.45, 2.75) is 45.3 Å². The molecule has 0 saturated carbocycles. The topological polar surface area (TPSA) is 63.6 Å². The van der Waals surface area contributed by atoms with Crippen LogP contribution in [0.5, 0.6) is 0 Å². The molecule has 1 aliphatic heterocycles. The van der Waals surface area contributed by atoms with Crippen molar-refractivity contribution < 1.29 is 23.3 Å². The average molecular weight is 247 g/mol. The predicted molar refractivity (Wildman–Crippen MR) is 59.4 cm³/mol. The number of nitrogens with zero attached hydrogens (tertiary/aromatic N) is 1. The van der Waals surface area contributed by atoms with Crippen molar-refractivity contribution in [2.24, 2.45) is 0 Å². The Morgan fingerprint density at radius 2 is 2.00 bits per heavy atom. The number of amides is 1. The largest absolute Gasteiger partial charge is 0.498 e. The third-order valence-electron chi connectivity index (χ3n) is 2.46. The van der Waals surface area contributed by atoms with Crippen LogP contribution in [0.2, 0.25) is 0 Å². The smallest absolute Gasteiger partial charge is 0.480 e. The van der Waals surface area contributed by atoms with Crippen molar-refractivity contribution in [1.82, 2.24) is 0 Å². The first kappa shape index (κ1) is 13.3. The van der Waals surface area contributed by atoms with E-state index < -0.39 is 27.6 Å². The van der Waals surface area contributed by atoms with Gasteiger partial charge in [-0.15, -0.1) is 0 Å². The Kier molecular flexibility index (Phi) is 3.54. The summed E-state index contributed by atoms with van der Waals surface area (Å²) in [6.45, 7) is 5.55. The molecule has 1 rings (SSSR count). The van der Waals surface area contributed by atoms with Crippen LogP contribution in [0.15, 0.2) is 0 Å². The first-order valence-corrected chi connectivity index (χ1v) is 5.58. The van der Waals surface area contributed by atoms with Crippen LogP contribution in [-0.2, 0) is 22.3 Å². The molecule has 1 amide bonds. The van der Waals surface area contributed by atoms with Gasteiger partial charge in [0, 0.05) is 12.8 Å². The molecule has 2 atom stereocenters. The highest BCUT2D eigenvalue weighted by atomic mass is 32.1.